The molecule has 0 saturated heterocycles. The van der Waals surface area contributed by atoms with Crippen LogP contribution in [0, 0.1) is 0 Å². The predicted molar refractivity (Wildman–Crippen MR) is 42.7 cm³/mol. The fourth-order valence-corrected chi connectivity index (χ4v) is 0.678. The van der Waals surface area contributed by atoms with E-state index in [1.54, 1.807) is 0 Å². The third kappa shape index (κ3) is 7.21. The van der Waals surface area contributed by atoms with Crippen molar-refractivity contribution in [3.8, 4) is 0 Å². The van der Waals surface area contributed by atoms with E-state index in [1.807, 2.05) is 6.08 Å². The average molecular weight is 141 g/mol. The van der Waals surface area contributed by atoms with Crippen molar-refractivity contribution in [2.45, 2.75) is 26.2 Å². The fourth-order valence-electron chi connectivity index (χ4n) is 0.678. The van der Waals surface area contributed by atoms with Gasteiger partial charge in [-0.15, -0.1) is 6.58 Å². The van der Waals surface area contributed by atoms with Gasteiger partial charge in [0.05, 0.1) is 0 Å². The second-order valence-corrected chi connectivity index (χ2v) is 2.27. The van der Waals surface area contributed by atoms with E-state index in [0.29, 0.717) is 0 Å². The highest BCUT2D eigenvalue weighted by atomic mass is 16.1. The van der Waals surface area contributed by atoms with Crippen molar-refractivity contribution >= 4 is 5.91 Å². The number of hydrogen-bond acceptors (Lipinski definition) is 1. The monoisotopic (exact) mass is 141 g/mol. The Morgan fingerprint density at radius 1 is 1.60 bits per heavy atom. The lowest BCUT2D eigenvalue weighted by Gasteiger charge is -1.98. The molecule has 1 N–H and O–H groups in total. The van der Waals surface area contributed by atoms with Crippen LogP contribution in [-0.2, 0) is 4.79 Å². The molecular weight excluding hydrogens is 126 g/mol. The molecule has 0 rings (SSSR count). The Kier molecular flexibility index (Phi) is 5.83. The number of amides is 1. The largest absolute Gasteiger partial charge is 0.356 e. The number of rotatable bonds is 5. The second-order valence-electron chi connectivity index (χ2n) is 2.27. The molecule has 0 aliphatic rings. The summed E-state index contributed by atoms with van der Waals surface area (Å²) >= 11 is 0. The van der Waals surface area contributed by atoms with Crippen LogP contribution in [-0.4, -0.2) is 12.5 Å². The third-order valence-electron chi connectivity index (χ3n) is 1.21. The number of hydrogen-bond donors (Lipinski definition) is 1. The van der Waals surface area contributed by atoms with Crippen LogP contribution in [0.1, 0.15) is 26.2 Å². The molecule has 0 aromatic carbocycles. The van der Waals surface area contributed by atoms with Crippen LogP contribution < -0.4 is 5.32 Å². The molecule has 10 heavy (non-hydrogen) atoms. The lowest BCUT2D eigenvalue weighted by Crippen LogP contribution is -2.20. The number of allylic oxidation sites excluding steroid dienone is 1. The van der Waals surface area contributed by atoms with Gasteiger partial charge in [-0.25, -0.2) is 0 Å². The molecule has 0 spiro atoms. The van der Waals surface area contributed by atoms with Gasteiger partial charge < -0.3 is 5.32 Å². The highest BCUT2D eigenvalue weighted by molar-refractivity contribution is 5.72. The summed E-state index contributed by atoms with van der Waals surface area (Å²) in [4.78, 5) is 10.3. The molecule has 0 aliphatic heterocycles. The van der Waals surface area contributed by atoms with Gasteiger partial charge in [0.1, 0.15) is 0 Å². The van der Waals surface area contributed by atoms with E-state index in [2.05, 4.69) is 11.9 Å². The summed E-state index contributed by atoms with van der Waals surface area (Å²) in [7, 11) is 0. The lowest BCUT2D eigenvalue weighted by molar-refractivity contribution is -0.118. The molecule has 58 valence electrons. The Morgan fingerprint density at radius 3 is 2.80 bits per heavy atom. The zero-order chi connectivity index (χ0) is 7.82. The van der Waals surface area contributed by atoms with Crippen LogP contribution in [0.4, 0.5) is 0 Å². The maximum Gasteiger partial charge on any atom is 0.216 e. The molecule has 0 aromatic rings. The summed E-state index contributed by atoms with van der Waals surface area (Å²) in [6, 6.07) is 0. The first-order valence-corrected chi connectivity index (χ1v) is 3.62. The highest BCUT2D eigenvalue weighted by Gasteiger charge is 1.88. The van der Waals surface area contributed by atoms with Gasteiger partial charge in [0.25, 0.3) is 0 Å². The molecule has 2 nitrogen and oxygen atoms in total. The van der Waals surface area contributed by atoms with Gasteiger partial charge >= 0.3 is 0 Å². The van der Waals surface area contributed by atoms with E-state index < -0.39 is 0 Å². The lowest BCUT2D eigenvalue weighted by atomic mass is 10.2. The molecule has 0 heterocycles. The molecule has 0 aliphatic carbocycles. The van der Waals surface area contributed by atoms with Crippen LogP contribution >= 0.6 is 0 Å². The van der Waals surface area contributed by atoms with Gasteiger partial charge in [-0.3, -0.25) is 4.79 Å². The van der Waals surface area contributed by atoms with Crippen LogP contribution in [0.2, 0.25) is 0 Å². The Labute approximate surface area is 62.3 Å². The molecule has 2 heteroatoms. The minimum absolute atomic E-state index is 0.0543. The second kappa shape index (κ2) is 6.33. The van der Waals surface area contributed by atoms with Crippen molar-refractivity contribution in [2.75, 3.05) is 6.54 Å². The van der Waals surface area contributed by atoms with Crippen molar-refractivity contribution in [3.63, 3.8) is 0 Å². The maximum atomic E-state index is 10.3. The van der Waals surface area contributed by atoms with E-state index >= 15 is 0 Å². The van der Waals surface area contributed by atoms with Gasteiger partial charge in [0.15, 0.2) is 0 Å². The third-order valence-corrected chi connectivity index (χ3v) is 1.21. The first kappa shape index (κ1) is 9.21. The van der Waals surface area contributed by atoms with Gasteiger partial charge in [-0.05, 0) is 19.3 Å². The Bertz CT molecular complexity index is 110. The summed E-state index contributed by atoms with van der Waals surface area (Å²) in [5.74, 6) is 0.0543. The van der Waals surface area contributed by atoms with E-state index in [0.717, 1.165) is 25.8 Å². The van der Waals surface area contributed by atoms with E-state index in [-0.39, 0.29) is 5.91 Å². The van der Waals surface area contributed by atoms with Crippen molar-refractivity contribution in [1.29, 1.82) is 0 Å². The SMILES string of the molecule is C=CCCCCNC(C)=O. The summed E-state index contributed by atoms with van der Waals surface area (Å²) in [5, 5.41) is 2.73. The molecule has 0 unspecified atom stereocenters. The fraction of sp³-hybridized carbons (Fsp3) is 0.625. The van der Waals surface area contributed by atoms with E-state index in [1.165, 1.54) is 6.92 Å². The number of carbonyl (C=O) groups is 1. The van der Waals surface area contributed by atoms with Crippen molar-refractivity contribution in [2.24, 2.45) is 0 Å². The molecule has 1 amide bonds. The first-order chi connectivity index (χ1) is 4.77. The smallest absolute Gasteiger partial charge is 0.216 e. The molecular formula is C8H15NO. The molecule has 0 bridgehead atoms. The van der Waals surface area contributed by atoms with Crippen molar-refractivity contribution in [3.05, 3.63) is 12.7 Å². The molecule has 0 fully saturated rings. The van der Waals surface area contributed by atoms with Gasteiger partial charge in [-0.1, -0.05) is 6.08 Å². The van der Waals surface area contributed by atoms with Gasteiger partial charge in [-0.2, -0.15) is 0 Å². The van der Waals surface area contributed by atoms with Crippen LogP contribution in [0.5, 0.6) is 0 Å². The quantitative estimate of drug-likeness (QED) is 0.456. The summed E-state index contributed by atoms with van der Waals surface area (Å²) in [6.45, 7) is 5.94. The van der Waals surface area contributed by atoms with Crippen molar-refractivity contribution in [1.82, 2.24) is 5.32 Å². The summed E-state index contributed by atoms with van der Waals surface area (Å²) in [6.07, 6.45) is 5.10. The van der Waals surface area contributed by atoms with Crippen molar-refractivity contribution < 1.29 is 4.79 Å². The maximum absolute atomic E-state index is 10.3. The summed E-state index contributed by atoms with van der Waals surface area (Å²) in [5.41, 5.74) is 0. The Hall–Kier alpha value is -0.790. The minimum Gasteiger partial charge on any atom is -0.356 e. The normalized spacial score (nSPS) is 8.90. The number of nitrogens with one attached hydrogen (secondary N) is 1. The zero-order valence-corrected chi connectivity index (χ0v) is 6.52. The zero-order valence-electron chi connectivity index (χ0n) is 6.52. The molecule has 0 radical (unpaired) electrons. The molecule has 0 atom stereocenters. The van der Waals surface area contributed by atoms with Crippen LogP contribution in [0.3, 0.4) is 0 Å². The Morgan fingerprint density at radius 2 is 2.30 bits per heavy atom. The standard InChI is InChI=1S/C8H15NO/c1-3-4-5-6-7-9-8(2)10/h3H,1,4-7H2,2H3,(H,9,10). The van der Waals surface area contributed by atoms with Gasteiger partial charge in [0, 0.05) is 13.5 Å². The topological polar surface area (TPSA) is 29.1 Å². The van der Waals surface area contributed by atoms with Gasteiger partial charge in [0.2, 0.25) is 5.91 Å². The first-order valence-electron chi connectivity index (χ1n) is 3.62. The number of carbonyl (C=O) groups excluding carboxylic acids is 1. The minimum atomic E-state index is 0.0543. The van der Waals surface area contributed by atoms with Crippen LogP contribution in [0.25, 0.3) is 0 Å². The van der Waals surface area contributed by atoms with E-state index in [4.69, 9.17) is 0 Å². The number of unbranched alkanes of at least 4 members (excludes halogenated alkanes) is 2. The average Bonchev–Trinajstić information content (AvgIpc) is 1.87. The Balaban J connectivity index is 2.90. The van der Waals surface area contributed by atoms with Crippen LogP contribution in [0.15, 0.2) is 12.7 Å². The van der Waals surface area contributed by atoms with E-state index in [9.17, 15) is 4.79 Å². The molecule has 0 aromatic heterocycles. The summed E-state index contributed by atoms with van der Waals surface area (Å²) < 4.78 is 0. The predicted octanol–water partition coefficient (Wildman–Crippen LogP) is 1.48. The molecule has 0 saturated carbocycles. The highest BCUT2D eigenvalue weighted by Crippen LogP contribution is 1.92.